The van der Waals surface area contributed by atoms with Crippen LogP contribution in [0.5, 0.6) is 0 Å². The summed E-state index contributed by atoms with van der Waals surface area (Å²) in [5.74, 6) is -0.202. The minimum absolute atomic E-state index is 0.0354. The van der Waals surface area contributed by atoms with E-state index in [1.165, 1.54) is 0 Å². The number of β-lactam (4-membered cyclic amide) rings is 1. The van der Waals surface area contributed by atoms with Gasteiger partial charge in [-0.1, -0.05) is 0 Å². The molecule has 1 aliphatic heterocycles. The molecule has 1 heterocycles. The van der Waals surface area contributed by atoms with Crippen molar-refractivity contribution in [3.63, 3.8) is 0 Å². The van der Waals surface area contributed by atoms with Gasteiger partial charge < -0.3 is 0 Å². The molecule has 0 bridgehead atoms. The quantitative estimate of drug-likeness (QED) is 0.208. The van der Waals surface area contributed by atoms with Crippen molar-refractivity contribution in [1.82, 2.24) is 4.90 Å². The van der Waals surface area contributed by atoms with Gasteiger partial charge in [0, 0.05) is 0 Å². The molecular weight excluding hydrogens is 431 g/mol. The maximum atomic E-state index is 13.0. The zero-order chi connectivity index (χ0) is 21.1. The Morgan fingerprint density at radius 3 is 2.54 bits per heavy atom. The fourth-order valence-electron chi connectivity index (χ4n) is 3.06. The third-order valence-electron chi connectivity index (χ3n) is 5.72. The molecule has 1 radical (unpaired) electrons. The van der Waals surface area contributed by atoms with Gasteiger partial charge in [-0.05, 0) is 0 Å². The molecule has 0 saturated carbocycles. The molecule has 2 rings (SSSR count). The van der Waals surface area contributed by atoms with E-state index in [9.17, 15) is 4.79 Å². The molecule has 151 valence electrons. The van der Waals surface area contributed by atoms with Crippen LogP contribution in [0.15, 0.2) is 53.7 Å². The van der Waals surface area contributed by atoms with Gasteiger partial charge in [-0.25, -0.2) is 0 Å². The van der Waals surface area contributed by atoms with Gasteiger partial charge in [-0.2, -0.15) is 0 Å². The van der Waals surface area contributed by atoms with E-state index >= 15 is 0 Å². The average Bonchev–Trinajstić information content (AvgIpc) is 2.59. The summed E-state index contributed by atoms with van der Waals surface area (Å²) >= 11 is 2.95. The van der Waals surface area contributed by atoms with Crippen molar-refractivity contribution in [3.05, 3.63) is 54.3 Å². The Hall–Kier alpha value is -1.42. The Bertz CT molecular complexity index is 779. The monoisotopic (exact) mass is 463 g/mol. The summed E-state index contributed by atoms with van der Waals surface area (Å²) in [4.78, 5) is 19.2. The first kappa shape index (κ1) is 22.9. The van der Waals surface area contributed by atoms with Crippen molar-refractivity contribution in [2.45, 2.75) is 64.5 Å². The fraction of sp³-hybridized carbons (Fsp3) is 0.500. The second-order valence-corrected chi connectivity index (χ2v) is 14.3. The van der Waals surface area contributed by atoms with Crippen molar-refractivity contribution >= 4 is 35.0 Å². The number of carbonyl (C=O) groups is 1. The third-order valence-corrected chi connectivity index (χ3v) is 11.0. The summed E-state index contributed by atoms with van der Waals surface area (Å²) in [6.07, 6.45) is 1.67. The Kier molecular flexibility index (Phi) is 7.30. The summed E-state index contributed by atoms with van der Waals surface area (Å²) in [6, 6.07) is 9.85. The molecule has 1 fully saturated rings. The Morgan fingerprint density at radius 2 is 2.00 bits per heavy atom. The first-order chi connectivity index (χ1) is 13.0. The van der Waals surface area contributed by atoms with Crippen molar-refractivity contribution in [2.75, 3.05) is 0 Å². The predicted octanol–water partition coefficient (Wildman–Crippen LogP) is 4.29. The van der Waals surface area contributed by atoms with Gasteiger partial charge in [0.1, 0.15) is 0 Å². The fourth-order valence-corrected chi connectivity index (χ4v) is 5.07. The van der Waals surface area contributed by atoms with Gasteiger partial charge in [0.2, 0.25) is 0 Å². The molecular formula is C22H31N2O2SeSi. The van der Waals surface area contributed by atoms with Crippen LogP contribution in [0.1, 0.15) is 33.3 Å². The first-order valence-corrected chi connectivity index (χ1v) is 13.4. The van der Waals surface area contributed by atoms with E-state index in [2.05, 4.69) is 67.2 Å². The summed E-state index contributed by atoms with van der Waals surface area (Å²) < 4.78 is 7.08. The van der Waals surface area contributed by atoms with Gasteiger partial charge >= 0.3 is 179 Å². The van der Waals surface area contributed by atoms with E-state index in [0.717, 1.165) is 5.56 Å². The minimum atomic E-state index is -1.96. The van der Waals surface area contributed by atoms with E-state index in [4.69, 9.17) is 4.43 Å². The maximum absolute atomic E-state index is 13.0. The molecule has 4 nitrogen and oxygen atoms in total. The SMILES string of the molecule is C=C=C[C@@H]1[C@@H]([C@@H](C)O[Si](C)(C)C(C)(C)C)C(=O)N1C([Se])=NCc1ccccc1. The van der Waals surface area contributed by atoms with Gasteiger partial charge in [-0.15, -0.1) is 0 Å². The number of hydrogen-bond donors (Lipinski definition) is 0. The first-order valence-electron chi connectivity index (χ1n) is 9.62. The molecule has 1 aromatic rings. The molecule has 28 heavy (non-hydrogen) atoms. The van der Waals surface area contributed by atoms with Gasteiger partial charge in [-0.3, -0.25) is 0 Å². The number of nitrogens with zero attached hydrogens (tertiary/aromatic N) is 2. The van der Waals surface area contributed by atoms with E-state index in [1.807, 2.05) is 43.3 Å². The van der Waals surface area contributed by atoms with Crippen molar-refractivity contribution in [3.8, 4) is 0 Å². The zero-order valence-corrected chi connectivity index (χ0v) is 20.4. The number of amidine groups is 1. The molecule has 0 unspecified atom stereocenters. The molecule has 0 aromatic heterocycles. The van der Waals surface area contributed by atoms with Crippen LogP contribution in [-0.2, 0) is 15.8 Å². The zero-order valence-electron chi connectivity index (χ0n) is 17.7. The van der Waals surface area contributed by atoms with Gasteiger partial charge in [0.05, 0.1) is 0 Å². The number of aliphatic imine (C=N–C) groups is 1. The molecule has 1 amide bonds. The third kappa shape index (κ3) is 4.94. The molecule has 6 heteroatoms. The van der Waals surface area contributed by atoms with Gasteiger partial charge in [0.15, 0.2) is 0 Å². The summed E-state index contributed by atoms with van der Waals surface area (Å²) in [5.41, 5.74) is 3.95. The number of amides is 1. The van der Waals surface area contributed by atoms with Crippen molar-refractivity contribution in [1.29, 1.82) is 0 Å². The Balaban J connectivity index is 2.15. The molecule has 1 aromatic carbocycles. The van der Waals surface area contributed by atoms with Crippen molar-refractivity contribution < 1.29 is 9.22 Å². The Labute approximate surface area is 178 Å². The number of hydrogen-bond acceptors (Lipinski definition) is 3. The Morgan fingerprint density at radius 1 is 1.39 bits per heavy atom. The molecule has 3 atom stereocenters. The van der Waals surface area contributed by atoms with Crippen LogP contribution in [0.4, 0.5) is 0 Å². The second kappa shape index (κ2) is 8.94. The molecule has 0 spiro atoms. The summed E-state index contributed by atoms with van der Waals surface area (Å²) in [7, 11) is -1.96. The van der Waals surface area contributed by atoms with E-state index < -0.39 is 8.32 Å². The van der Waals surface area contributed by atoms with E-state index in [0.29, 0.717) is 11.3 Å². The normalized spacial score (nSPS) is 21.7. The van der Waals surface area contributed by atoms with Crippen LogP contribution in [-0.4, -0.2) is 52.0 Å². The molecule has 1 aliphatic rings. The second-order valence-electron chi connectivity index (χ2n) is 8.76. The van der Waals surface area contributed by atoms with Crippen molar-refractivity contribution in [2.24, 2.45) is 10.9 Å². The number of rotatable bonds is 6. The van der Waals surface area contributed by atoms with E-state index in [1.54, 1.807) is 4.90 Å². The summed E-state index contributed by atoms with van der Waals surface area (Å²) in [5, 5.41) is 0.0956. The van der Waals surface area contributed by atoms with Crippen LogP contribution in [0.2, 0.25) is 18.1 Å². The average molecular weight is 463 g/mol. The van der Waals surface area contributed by atoms with Crippen LogP contribution >= 0.6 is 0 Å². The number of likely N-dealkylation sites (tertiary alicyclic amines) is 1. The number of benzene rings is 1. The van der Waals surface area contributed by atoms with Crippen LogP contribution in [0.25, 0.3) is 0 Å². The van der Waals surface area contributed by atoms with Gasteiger partial charge in [0.25, 0.3) is 0 Å². The standard InChI is InChI=1S/C22H31N2O2SeSi/c1-8-12-18-19(16(2)26-28(6,7)22(3,4)5)20(25)24(18)21(27)23-15-17-13-10-9-11-14-17/h9-14,16,18-19H,1,15H2,2-7H3/t16-,18-,19-/m1/s1. The van der Waals surface area contributed by atoms with Crippen LogP contribution in [0, 0.1) is 5.92 Å². The molecule has 0 N–H and O–H groups in total. The summed E-state index contributed by atoms with van der Waals surface area (Å²) in [6.45, 7) is 17.3. The molecule has 0 aliphatic carbocycles. The number of carbonyl (C=O) groups excluding carboxylic acids is 1. The van der Waals surface area contributed by atoms with E-state index in [-0.39, 0.29) is 29.0 Å². The van der Waals surface area contributed by atoms with Crippen LogP contribution < -0.4 is 0 Å². The topological polar surface area (TPSA) is 41.9 Å². The molecule has 1 saturated heterocycles. The predicted molar refractivity (Wildman–Crippen MR) is 119 cm³/mol. The van der Waals surface area contributed by atoms with Crippen LogP contribution in [0.3, 0.4) is 0 Å².